The summed E-state index contributed by atoms with van der Waals surface area (Å²) in [4.78, 5) is 22.9. The Bertz CT molecular complexity index is 1310. The fourth-order valence-electron chi connectivity index (χ4n) is 5.83. The highest BCUT2D eigenvalue weighted by Gasteiger charge is 2.54. The van der Waals surface area contributed by atoms with Crippen molar-refractivity contribution in [3.63, 3.8) is 0 Å². The molecule has 2 unspecified atom stereocenters. The second-order valence-electron chi connectivity index (χ2n) is 10.2. The molecule has 10 heteroatoms. The molecule has 2 atom stereocenters. The van der Waals surface area contributed by atoms with Crippen molar-refractivity contribution in [1.29, 1.82) is 0 Å². The van der Waals surface area contributed by atoms with E-state index in [0.717, 1.165) is 60.1 Å². The van der Waals surface area contributed by atoms with Crippen LogP contribution in [0.2, 0.25) is 0 Å². The third-order valence-corrected chi connectivity index (χ3v) is 7.77. The summed E-state index contributed by atoms with van der Waals surface area (Å²) in [5.41, 5.74) is 10.5. The molecule has 2 aliphatic heterocycles. The van der Waals surface area contributed by atoms with Gasteiger partial charge in [0.25, 0.3) is 0 Å². The molecule has 2 aliphatic carbocycles. The zero-order valence-corrected chi connectivity index (χ0v) is 19.7. The Morgan fingerprint density at radius 1 is 1.06 bits per heavy atom. The lowest BCUT2D eigenvalue weighted by molar-refractivity contribution is 0.427. The average molecular weight is 475 g/mol. The number of ether oxygens (including phenoxy) is 1. The predicted octanol–water partition coefficient (Wildman–Crippen LogP) is 2.66. The fraction of sp³-hybridized carbons (Fsp3) is 0.440. The van der Waals surface area contributed by atoms with Crippen molar-refractivity contribution < 1.29 is 9.13 Å². The SMILES string of the molecule is CNc1cc(F)cc2c1Cc1nc(Oc3cnc(N4CC(C)C4)nc3)nc(N3CC4C(N)C4C3)c1-2. The third-order valence-electron chi connectivity index (χ3n) is 7.77. The lowest BCUT2D eigenvalue weighted by Gasteiger charge is -2.36. The molecule has 2 saturated heterocycles. The zero-order valence-electron chi connectivity index (χ0n) is 19.7. The van der Waals surface area contributed by atoms with Crippen LogP contribution in [0.15, 0.2) is 24.5 Å². The molecule has 1 saturated carbocycles. The molecule has 0 amide bonds. The molecule has 7 rings (SSSR count). The van der Waals surface area contributed by atoms with E-state index in [0.29, 0.717) is 35.9 Å². The van der Waals surface area contributed by atoms with Crippen LogP contribution in [0.1, 0.15) is 18.2 Å². The number of nitrogens with two attached hydrogens (primary N) is 1. The smallest absolute Gasteiger partial charge is 0.324 e. The molecule has 9 nitrogen and oxygen atoms in total. The molecule has 180 valence electrons. The van der Waals surface area contributed by atoms with Crippen LogP contribution in [0.3, 0.4) is 0 Å². The van der Waals surface area contributed by atoms with Gasteiger partial charge < -0.3 is 25.6 Å². The number of nitrogens with zero attached hydrogens (tertiary/aromatic N) is 6. The van der Waals surface area contributed by atoms with E-state index in [9.17, 15) is 4.39 Å². The van der Waals surface area contributed by atoms with E-state index in [4.69, 9.17) is 20.4 Å². The van der Waals surface area contributed by atoms with Crippen molar-refractivity contribution in [2.24, 2.45) is 23.5 Å². The van der Waals surface area contributed by atoms with Crippen molar-refractivity contribution in [2.75, 3.05) is 48.3 Å². The van der Waals surface area contributed by atoms with Crippen LogP contribution < -0.4 is 25.6 Å². The van der Waals surface area contributed by atoms with Gasteiger partial charge in [-0.1, -0.05) is 6.92 Å². The average Bonchev–Trinajstić information content (AvgIpc) is 3.18. The Kier molecular flexibility index (Phi) is 4.45. The van der Waals surface area contributed by atoms with Gasteiger partial charge >= 0.3 is 6.01 Å². The van der Waals surface area contributed by atoms with Gasteiger partial charge in [-0.25, -0.2) is 14.4 Å². The molecule has 3 fully saturated rings. The summed E-state index contributed by atoms with van der Waals surface area (Å²) in [5.74, 6) is 3.32. The first kappa shape index (κ1) is 20.8. The van der Waals surface area contributed by atoms with Crippen molar-refractivity contribution in [3.05, 3.63) is 41.6 Å². The molecule has 1 aromatic carbocycles. The molecule has 0 spiro atoms. The third kappa shape index (κ3) is 3.30. The highest BCUT2D eigenvalue weighted by Crippen LogP contribution is 2.50. The van der Waals surface area contributed by atoms with Gasteiger partial charge in [-0.2, -0.15) is 9.97 Å². The molecule has 35 heavy (non-hydrogen) atoms. The summed E-state index contributed by atoms with van der Waals surface area (Å²) in [6.07, 6.45) is 3.90. The van der Waals surface area contributed by atoms with Crippen LogP contribution in [0.25, 0.3) is 11.1 Å². The number of halogens is 1. The second-order valence-corrected chi connectivity index (χ2v) is 10.2. The number of nitrogens with one attached hydrogen (secondary N) is 1. The second kappa shape index (κ2) is 7.48. The highest BCUT2D eigenvalue weighted by molar-refractivity contribution is 5.88. The van der Waals surface area contributed by atoms with Gasteiger partial charge in [0.15, 0.2) is 5.75 Å². The van der Waals surface area contributed by atoms with E-state index in [-0.39, 0.29) is 17.9 Å². The van der Waals surface area contributed by atoms with Crippen LogP contribution in [0, 0.1) is 23.6 Å². The maximum absolute atomic E-state index is 14.5. The minimum absolute atomic E-state index is 0.247. The van der Waals surface area contributed by atoms with E-state index in [1.165, 1.54) is 6.07 Å². The van der Waals surface area contributed by atoms with E-state index in [1.54, 1.807) is 25.5 Å². The first-order valence-corrected chi connectivity index (χ1v) is 12.2. The molecule has 0 bridgehead atoms. The number of piperidine rings is 1. The summed E-state index contributed by atoms with van der Waals surface area (Å²) in [7, 11) is 1.80. The first-order valence-electron chi connectivity index (χ1n) is 12.2. The molecular formula is C25H27FN8O. The Morgan fingerprint density at radius 3 is 2.49 bits per heavy atom. The van der Waals surface area contributed by atoms with Crippen LogP contribution in [-0.4, -0.2) is 59.2 Å². The summed E-state index contributed by atoms with van der Waals surface area (Å²) in [6, 6.07) is 3.62. The molecule has 4 heterocycles. The van der Waals surface area contributed by atoms with Crippen LogP contribution in [0.4, 0.5) is 21.8 Å². The Hall–Kier alpha value is -3.53. The van der Waals surface area contributed by atoms with Crippen LogP contribution in [-0.2, 0) is 6.42 Å². The molecule has 3 aromatic rings. The lowest BCUT2D eigenvalue weighted by atomic mass is 10.0. The number of hydrogen-bond donors (Lipinski definition) is 2. The first-order chi connectivity index (χ1) is 17.0. The van der Waals surface area contributed by atoms with Crippen molar-refractivity contribution in [2.45, 2.75) is 19.4 Å². The summed E-state index contributed by atoms with van der Waals surface area (Å²) in [6.45, 7) is 5.82. The van der Waals surface area contributed by atoms with Gasteiger partial charge in [-0.15, -0.1) is 0 Å². The number of benzene rings is 1. The van der Waals surface area contributed by atoms with Crippen LogP contribution >= 0.6 is 0 Å². The molecular weight excluding hydrogens is 447 g/mol. The topological polar surface area (TPSA) is 105 Å². The van der Waals surface area contributed by atoms with E-state index < -0.39 is 0 Å². The van der Waals surface area contributed by atoms with Gasteiger partial charge in [0.2, 0.25) is 5.95 Å². The number of rotatable bonds is 5. The summed E-state index contributed by atoms with van der Waals surface area (Å²) < 4.78 is 20.5. The summed E-state index contributed by atoms with van der Waals surface area (Å²) >= 11 is 0. The Morgan fingerprint density at radius 2 is 1.80 bits per heavy atom. The van der Waals surface area contributed by atoms with Crippen molar-refractivity contribution in [1.82, 2.24) is 19.9 Å². The maximum Gasteiger partial charge on any atom is 0.324 e. The number of fused-ring (bicyclic) bond motifs is 4. The van der Waals surface area contributed by atoms with E-state index in [2.05, 4.69) is 32.0 Å². The van der Waals surface area contributed by atoms with Gasteiger partial charge in [0.05, 0.1) is 18.1 Å². The van der Waals surface area contributed by atoms with Gasteiger partial charge in [0, 0.05) is 56.9 Å². The molecule has 3 N–H and O–H groups in total. The Labute approximate surface area is 202 Å². The standard InChI is InChI=1S/C25H27FN8O/c1-12-8-34(9-12)24-29-6-14(7-30-24)35-25-31-20-5-15-16(3-13(26)4-19(15)28-2)21(20)23(32-25)33-10-17-18(11-33)22(17)27/h3-4,6-7,12,17-18,22,28H,5,8-11,27H2,1-2H3. The largest absolute Gasteiger partial charge is 0.421 e. The minimum Gasteiger partial charge on any atom is -0.421 e. The molecule has 0 radical (unpaired) electrons. The van der Waals surface area contributed by atoms with Gasteiger partial charge in [-0.3, -0.25) is 0 Å². The predicted molar refractivity (Wildman–Crippen MR) is 130 cm³/mol. The molecule has 2 aromatic heterocycles. The quantitative estimate of drug-likeness (QED) is 0.452. The van der Waals surface area contributed by atoms with Crippen LogP contribution in [0.5, 0.6) is 11.8 Å². The lowest BCUT2D eigenvalue weighted by Crippen LogP contribution is -2.46. The van der Waals surface area contributed by atoms with Crippen molar-refractivity contribution >= 4 is 17.5 Å². The highest BCUT2D eigenvalue weighted by atomic mass is 19.1. The van der Waals surface area contributed by atoms with Gasteiger partial charge in [-0.05, 0) is 41.0 Å². The fourth-order valence-corrected chi connectivity index (χ4v) is 5.83. The normalized spacial score (nSPS) is 24.1. The number of aromatic nitrogens is 4. The summed E-state index contributed by atoms with van der Waals surface area (Å²) in [5, 5.41) is 3.12. The van der Waals surface area contributed by atoms with E-state index in [1.807, 2.05) is 0 Å². The van der Waals surface area contributed by atoms with E-state index >= 15 is 0 Å². The number of anilines is 3. The zero-order chi connectivity index (χ0) is 23.8. The van der Waals surface area contributed by atoms with Crippen molar-refractivity contribution in [3.8, 4) is 22.9 Å². The Balaban J connectivity index is 1.24. The van der Waals surface area contributed by atoms with Gasteiger partial charge in [0.1, 0.15) is 11.6 Å². The molecule has 4 aliphatic rings. The number of hydrogen-bond acceptors (Lipinski definition) is 9. The maximum atomic E-state index is 14.5. The minimum atomic E-state index is -0.285. The monoisotopic (exact) mass is 474 g/mol.